The third kappa shape index (κ3) is 3.63. The van der Waals surface area contributed by atoms with Gasteiger partial charge in [0.25, 0.3) is 5.91 Å². The van der Waals surface area contributed by atoms with E-state index in [-0.39, 0.29) is 16.8 Å². The molecule has 1 aliphatic rings. The SMILES string of the molecule is O=C(c1cc2cc(Br)ccc2oc1=O)N1CCSC1c1ccc(Cl)cc1Cl. The first-order valence-electron chi connectivity index (χ1n) is 8.05. The lowest BCUT2D eigenvalue weighted by molar-refractivity contribution is 0.0756. The van der Waals surface area contributed by atoms with Gasteiger partial charge in [-0.05, 0) is 36.4 Å². The van der Waals surface area contributed by atoms with Gasteiger partial charge in [0.05, 0.1) is 0 Å². The van der Waals surface area contributed by atoms with Crippen LogP contribution in [0.4, 0.5) is 0 Å². The summed E-state index contributed by atoms with van der Waals surface area (Å²) in [4.78, 5) is 27.2. The van der Waals surface area contributed by atoms with Crippen LogP contribution in [0.2, 0.25) is 10.0 Å². The van der Waals surface area contributed by atoms with Gasteiger partial charge < -0.3 is 9.32 Å². The van der Waals surface area contributed by atoms with E-state index in [0.29, 0.717) is 27.6 Å². The number of carbonyl (C=O) groups is 1. The molecule has 0 bridgehead atoms. The smallest absolute Gasteiger partial charge is 0.349 e. The molecule has 1 aliphatic heterocycles. The molecule has 1 unspecified atom stereocenters. The zero-order valence-corrected chi connectivity index (χ0v) is 17.7. The number of fused-ring (bicyclic) bond motifs is 1. The minimum atomic E-state index is -0.646. The molecule has 0 aliphatic carbocycles. The minimum absolute atomic E-state index is 0.0122. The molecule has 1 fully saturated rings. The van der Waals surface area contributed by atoms with E-state index in [1.807, 2.05) is 6.07 Å². The van der Waals surface area contributed by atoms with Crippen LogP contribution in [0.3, 0.4) is 0 Å². The molecule has 138 valence electrons. The summed E-state index contributed by atoms with van der Waals surface area (Å²) in [5.41, 5.74) is 0.601. The summed E-state index contributed by atoms with van der Waals surface area (Å²) in [6, 6.07) is 12.1. The number of carbonyl (C=O) groups excluding carboxylic acids is 1. The molecule has 4 nitrogen and oxygen atoms in total. The zero-order valence-electron chi connectivity index (χ0n) is 13.7. The first-order valence-corrected chi connectivity index (χ1v) is 10.6. The highest BCUT2D eigenvalue weighted by Gasteiger charge is 2.34. The van der Waals surface area contributed by atoms with E-state index >= 15 is 0 Å². The normalized spacial score (nSPS) is 16.9. The van der Waals surface area contributed by atoms with Crippen molar-refractivity contribution in [3.8, 4) is 0 Å². The van der Waals surface area contributed by atoms with Crippen LogP contribution in [0.25, 0.3) is 11.0 Å². The van der Waals surface area contributed by atoms with Crippen molar-refractivity contribution in [1.29, 1.82) is 0 Å². The number of nitrogens with zero attached hydrogens (tertiary/aromatic N) is 1. The molecule has 2 aromatic carbocycles. The lowest BCUT2D eigenvalue weighted by atomic mass is 10.1. The second-order valence-electron chi connectivity index (χ2n) is 6.02. The molecule has 4 rings (SSSR count). The maximum Gasteiger partial charge on any atom is 0.349 e. The standard InChI is InChI=1S/C19H12BrCl2NO3S/c20-11-1-4-16-10(7-11)8-14(19(25)26-16)17(24)23-5-6-27-18(23)13-3-2-12(21)9-15(13)22/h1-4,7-9,18H,5-6H2. The van der Waals surface area contributed by atoms with Crippen LogP contribution >= 0.6 is 50.9 Å². The van der Waals surface area contributed by atoms with Gasteiger partial charge in [-0.2, -0.15) is 0 Å². The quantitative estimate of drug-likeness (QED) is 0.434. The van der Waals surface area contributed by atoms with Crippen molar-refractivity contribution in [3.05, 3.63) is 78.5 Å². The topological polar surface area (TPSA) is 50.5 Å². The number of amides is 1. The van der Waals surface area contributed by atoms with Crippen molar-refractivity contribution in [1.82, 2.24) is 4.90 Å². The first kappa shape index (κ1) is 18.9. The largest absolute Gasteiger partial charge is 0.422 e. The van der Waals surface area contributed by atoms with Gasteiger partial charge in [0.2, 0.25) is 0 Å². The van der Waals surface area contributed by atoms with Gasteiger partial charge in [-0.25, -0.2) is 4.79 Å². The molecule has 0 spiro atoms. The van der Waals surface area contributed by atoms with E-state index < -0.39 is 5.63 Å². The predicted octanol–water partition coefficient (Wildman–Crippen LogP) is 5.75. The summed E-state index contributed by atoms with van der Waals surface area (Å²) < 4.78 is 6.17. The Hall–Kier alpha value is -1.47. The summed E-state index contributed by atoms with van der Waals surface area (Å²) >= 11 is 17.3. The monoisotopic (exact) mass is 483 g/mol. The Kier molecular flexibility index (Phi) is 5.25. The fraction of sp³-hybridized carbons (Fsp3) is 0.158. The van der Waals surface area contributed by atoms with Crippen molar-refractivity contribution >= 4 is 67.8 Å². The lowest BCUT2D eigenvalue weighted by Gasteiger charge is -2.24. The molecule has 27 heavy (non-hydrogen) atoms. The van der Waals surface area contributed by atoms with Gasteiger partial charge in [0, 0.05) is 37.8 Å². The molecule has 1 amide bonds. The van der Waals surface area contributed by atoms with Crippen LogP contribution in [0, 0.1) is 0 Å². The number of hydrogen-bond acceptors (Lipinski definition) is 4. The Morgan fingerprint density at radius 2 is 2.00 bits per heavy atom. The van der Waals surface area contributed by atoms with Crippen LogP contribution in [0.5, 0.6) is 0 Å². The average Bonchev–Trinajstić information content (AvgIpc) is 3.10. The van der Waals surface area contributed by atoms with Gasteiger partial charge >= 0.3 is 5.63 Å². The molecular formula is C19H12BrCl2NO3S. The van der Waals surface area contributed by atoms with Crippen molar-refractivity contribution in [2.75, 3.05) is 12.3 Å². The highest BCUT2D eigenvalue weighted by atomic mass is 79.9. The molecule has 2 heterocycles. The number of hydrogen-bond donors (Lipinski definition) is 0. The summed E-state index contributed by atoms with van der Waals surface area (Å²) in [6.45, 7) is 0.517. The van der Waals surface area contributed by atoms with Crippen LogP contribution in [-0.4, -0.2) is 23.1 Å². The third-order valence-corrected chi connectivity index (χ3v) is 6.60. The Balaban J connectivity index is 1.74. The maximum atomic E-state index is 13.1. The zero-order chi connectivity index (χ0) is 19.1. The van der Waals surface area contributed by atoms with Crippen molar-refractivity contribution in [3.63, 3.8) is 0 Å². The number of rotatable bonds is 2. The average molecular weight is 485 g/mol. The molecule has 1 saturated heterocycles. The maximum absolute atomic E-state index is 13.1. The molecular weight excluding hydrogens is 473 g/mol. The molecule has 3 aromatic rings. The molecule has 8 heteroatoms. The van der Waals surface area contributed by atoms with Crippen LogP contribution in [0.15, 0.2) is 56.1 Å². The fourth-order valence-electron chi connectivity index (χ4n) is 3.04. The third-order valence-electron chi connectivity index (χ3n) is 4.31. The van der Waals surface area contributed by atoms with E-state index in [9.17, 15) is 9.59 Å². The van der Waals surface area contributed by atoms with Crippen molar-refractivity contribution in [2.45, 2.75) is 5.37 Å². The molecule has 0 N–H and O–H groups in total. The van der Waals surface area contributed by atoms with Gasteiger partial charge in [-0.15, -0.1) is 11.8 Å². The van der Waals surface area contributed by atoms with E-state index in [1.165, 1.54) is 0 Å². The fourth-order valence-corrected chi connectivity index (χ4v) is 5.28. The van der Waals surface area contributed by atoms with Gasteiger partial charge in [-0.3, -0.25) is 4.79 Å². The predicted molar refractivity (Wildman–Crippen MR) is 113 cm³/mol. The van der Waals surface area contributed by atoms with E-state index in [2.05, 4.69) is 15.9 Å². The minimum Gasteiger partial charge on any atom is -0.422 e. The highest BCUT2D eigenvalue weighted by molar-refractivity contribution is 9.10. The number of benzene rings is 2. The molecule has 1 atom stereocenters. The lowest BCUT2D eigenvalue weighted by Crippen LogP contribution is -2.33. The van der Waals surface area contributed by atoms with E-state index in [1.54, 1.807) is 53.1 Å². The summed E-state index contributed by atoms with van der Waals surface area (Å²) in [5, 5.41) is 1.43. The van der Waals surface area contributed by atoms with Crippen LogP contribution in [-0.2, 0) is 0 Å². The first-order chi connectivity index (χ1) is 12.9. The van der Waals surface area contributed by atoms with Crippen molar-refractivity contribution < 1.29 is 9.21 Å². The second-order valence-corrected chi connectivity index (χ2v) is 8.96. The second kappa shape index (κ2) is 7.51. The van der Waals surface area contributed by atoms with E-state index in [0.717, 1.165) is 15.8 Å². The summed E-state index contributed by atoms with van der Waals surface area (Å²) in [6.07, 6.45) is 0. The van der Waals surface area contributed by atoms with Crippen molar-refractivity contribution in [2.24, 2.45) is 0 Å². The summed E-state index contributed by atoms with van der Waals surface area (Å²) in [5.74, 6) is 0.381. The van der Waals surface area contributed by atoms with Gasteiger partial charge in [0.15, 0.2) is 0 Å². The Morgan fingerprint density at radius 1 is 1.19 bits per heavy atom. The van der Waals surface area contributed by atoms with Gasteiger partial charge in [-0.1, -0.05) is 45.2 Å². The Bertz CT molecular complexity index is 1120. The Morgan fingerprint density at radius 3 is 2.78 bits per heavy atom. The highest BCUT2D eigenvalue weighted by Crippen LogP contribution is 2.42. The Labute approximate surface area is 177 Å². The van der Waals surface area contributed by atoms with Gasteiger partial charge in [0.1, 0.15) is 16.5 Å². The number of thioether (sulfide) groups is 1. The van der Waals surface area contributed by atoms with Crippen LogP contribution in [0.1, 0.15) is 21.3 Å². The molecule has 0 radical (unpaired) electrons. The summed E-state index contributed by atoms with van der Waals surface area (Å²) in [7, 11) is 0. The molecule has 1 aromatic heterocycles. The number of halogens is 3. The van der Waals surface area contributed by atoms with Crippen LogP contribution < -0.4 is 5.63 Å². The molecule has 0 saturated carbocycles. The van der Waals surface area contributed by atoms with E-state index in [4.69, 9.17) is 27.6 Å².